The lowest BCUT2D eigenvalue weighted by Gasteiger charge is -2.34. The van der Waals surface area contributed by atoms with Gasteiger partial charge in [-0.05, 0) is 54.2 Å². The first-order valence-corrected chi connectivity index (χ1v) is 10.3. The second-order valence-electron chi connectivity index (χ2n) is 7.22. The molecule has 136 valence electrons. The molecule has 6 heteroatoms. The number of carbonyl (C=O) groups excluding carboxylic acids is 1. The normalized spacial score (nSPS) is 19.9. The fourth-order valence-corrected chi connectivity index (χ4v) is 5.57. The molecule has 2 aromatic carbocycles. The first-order valence-electron chi connectivity index (χ1n) is 8.88. The highest BCUT2D eigenvalue weighted by Gasteiger charge is 2.32. The topological polar surface area (TPSA) is 57.7 Å². The predicted molar refractivity (Wildman–Crippen MR) is 102 cm³/mol. The number of anilines is 2. The Kier molecular flexibility index (Phi) is 4.03. The van der Waals surface area contributed by atoms with Gasteiger partial charge in [-0.1, -0.05) is 25.1 Å². The summed E-state index contributed by atoms with van der Waals surface area (Å²) >= 11 is 0. The van der Waals surface area contributed by atoms with Gasteiger partial charge in [-0.15, -0.1) is 0 Å². The summed E-state index contributed by atoms with van der Waals surface area (Å²) in [5.74, 6) is 0.327. The molecular weight excluding hydrogens is 348 g/mol. The summed E-state index contributed by atoms with van der Waals surface area (Å²) in [5, 5.41) is 0. The van der Waals surface area contributed by atoms with Gasteiger partial charge >= 0.3 is 0 Å². The maximum absolute atomic E-state index is 13.4. The zero-order valence-electron chi connectivity index (χ0n) is 15.0. The predicted octanol–water partition coefficient (Wildman–Crippen LogP) is 2.98. The van der Waals surface area contributed by atoms with Crippen LogP contribution in [0.15, 0.2) is 47.4 Å². The average molecular weight is 370 g/mol. The third-order valence-electron chi connectivity index (χ3n) is 5.29. The van der Waals surface area contributed by atoms with Crippen molar-refractivity contribution in [2.24, 2.45) is 5.92 Å². The number of sulfonamides is 1. The molecule has 5 nitrogen and oxygen atoms in total. The van der Waals surface area contributed by atoms with E-state index in [4.69, 9.17) is 0 Å². The lowest BCUT2D eigenvalue weighted by atomic mass is 9.96. The third kappa shape index (κ3) is 2.69. The molecule has 26 heavy (non-hydrogen) atoms. The van der Waals surface area contributed by atoms with E-state index in [9.17, 15) is 13.2 Å². The van der Waals surface area contributed by atoms with Crippen LogP contribution in [0.5, 0.6) is 0 Å². The molecule has 2 aliphatic rings. The van der Waals surface area contributed by atoms with Gasteiger partial charge in [-0.3, -0.25) is 9.10 Å². The van der Waals surface area contributed by atoms with Crippen molar-refractivity contribution in [1.82, 2.24) is 0 Å². The molecule has 2 aliphatic heterocycles. The molecule has 0 fully saturated rings. The van der Waals surface area contributed by atoms with Gasteiger partial charge in [-0.25, -0.2) is 8.42 Å². The highest BCUT2D eigenvalue weighted by atomic mass is 32.2. The van der Waals surface area contributed by atoms with Crippen molar-refractivity contribution in [2.75, 3.05) is 22.8 Å². The Hall–Kier alpha value is -2.34. The van der Waals surface area contributed by atoms with Gasteiger partial charge in [-0.2, -0.15) is 0 Å². The molecule has 0 aromatic heterocycles. The Morgan fingerprint density at radius 3 is 2.58 bits per heavy atom. The molecule has 0 saturated carbocycles. The van der Waals surface area contributed by atoms with Gasteiger partial charge in [0.05, 0.1) is 10.6 Å². The number of para-hydroxylation sites is 1. The third-order valence-corrected chi connectivity index (χ3v) is 7.06. The van der Waals surface area contributed by atoms with E-state index in [0.717, 1.165) is 28.9 Å². The summed E-state index contributed by atoms with van der Waals surface area (Å²) in [4.78, 5) is 13.8. The maximum Gasteiger partial charge on any atom is 0.264 e. The van der Waals surface area contributed by atoms with Gasteiger partial charge in [0, 0.05) is 25.7 Å². The second-order valence-corrected chi connectivity index (χ2v) is 9.08. The van der Waals surface area contributed by atoms with E-state index >= 15 is 0 Å². The Bertz CT molecular complexity index is 984. The van der Waals surface area contributed by atoms with Crippen molar-refractivity contribution in [2.45, 2.75) is 31.1 Å². The van der Waals surface area contributed by atoms with Crippen molar-refractivity contribution in [1.29, 1.82) is 0 Å². The molecule has 2 aromatic rings. The Morgan fingerprint density at radius 2 is 1.77 bits per heavy atom. The van der Waals surface area contributed by atoms with Gasteiger partial charge in [0.1, 0.15) is 0 Å². The van der Waals surface area contributed by atoms with Crippen LogP contribution in [-0.2, 0) is 27.7 Å². The zero-order valence-corrected chi connectivity index (χ0v) is 15.8. The van der Waals surface area contributed by atoms with Gasteiger partial charge < -0.3 is 4.90 Å². The van der Waals surface area contributed by atoms with Crippen LogP contribution in [0.2, 0.25) is 0 Å². The fraction of sp³-hybridized carbons (Fsp3) is 0.350. The summed E-state index contributed by atoms with van der Waals surface area (Å²) in [6.45, 7) is 2.56. The highest BCUT2D eigenvalue weighted by Crippen LogP contribution is 2.35. The standard InChI is InChI=1S/C20H22N2O3S/c1-14-11-15-5-3-4-6-19(15)22(13-14)26(24,25)17-8-9-18-16(12-17)7-10-20(23)21(18)2/h3-6,8-9,12,14H,7,10-11,13H2,1-2H3. The molecule has 0 aliphatic carbocycles. The number of nitrogens with zero attached hydrogens (tertiary/aromatic N) is 2. The van der Waals surface area contributed by atoms with Crippen molar-refractivity contribution < 1.29 is 13.2 Å². The number of amides is 1. The second kappa shape index (κ2) is 6.13. The van der Waals surface area contributed by atoms with Crippen LogP contribution in [0, 0.1) is 5.92 Å². The van der Waals surface area contributed by atoms with Gasteiger partial charge in [0.2, 0.25) is 5.91 Å². The zero-order chi connectivity index (χ0) is 18.5. The number of hydrogen-bond donors (Lipinski definition) is 0. The minimum atomic E-state index is -3.64. The van der Waals surface area contributed by atoms with E-state index in [1.165, 1.54) is 4.31 Å². The number of carbonyl (C=O) groups is 1. The monoisotopic (exact) mass is 370 g/mol. The molecule has 1 atom stereocenters. The molecule has 4 rings (SSSR count). The Labute approximate surface area is 154 Å². The van der Waals surface area contributed by atoms with Gasteiger partial charge in [0.15, 0.2) is 0 Å². The summed E-state index contributed by atoms with van der Waals surface area (Å²) in [6, 6.07) is 12.8. The van der Waals surface area contributed by atoms with Crippen molar-refractivity contribution in [3.8, 4) is 0 Å². The first-order chi connectivity index (χ1) is 12.4. The van der Waals surface area contributed by atoms with Crippen LogP contribution in [0.1, 0.15) is 24.5 Å². The number of hydrogen-bond acceptors (Lipinski definition) is 3. The SMILES string of the molecule is CC1Cc2ccccc2N(S(=O)(=O)c2ccc3c(c2)CCC(=O)N3C)C1. The number of rotatable bonds is 2. The summed E-state index contributed by atoms with van der Waals surface area (Å²) in [6.07, 6.45) is 1.88. The van der Waals surface area contributed by atoms with Crippen LogP contribution < -0.4 is 9.21 Å². The van der Waals surface area contributed by atoms with E-state index in [-0.39, 0.29) is 11.8 Å². The van der Waals surface area contributed by atoms with Crippen LogP contribution in [0.25, 0.3) is 0 Å². The smallest absolute Gasteiger partial charge is 0.264 e. The number of benzene rings is 2. The van der Waals surface area contributed by atoms with Crippen molar-refractivity contribution >= 4 is 27.3 Å². The largest absolute Gasteiger partial charge is 0.315 e. The van der Waals surface area contributed by atoms with Crippen molar-refractivity contribution in [3.63, 3.8) is 0 Å². The Balaban J connectivity index is 1.78. The summed E-state index contributed by atoms with van der Waals surface area (Å²) in [7, 11) is -1.91. The van der Waals surface area contributed by atoms with Crippen LogP contribution in [0.3, 0.4) is 0 Å². The summed E-state index contributed by atoms with van der Waals surface area (Å²) in [5.41, 5.74) is 3.55. The lowest BCUT2D eigenvalue weighted by Crippen LogP contribution is -2.39. The fourth-order valence-electron chi connectivity index (χ4n) is 3.90. The molecule has 2 heterocycles. The number of aryl methyl sites for hydroxylation is 1. The van der Waals surface area contributed by atoms with E-state index < -0.39 is 10.0 Å². The lowest BCUT2D eigenvalue weighted by molar-refractivity contribution is -0.118. The summed E-state index contributed by atoms with van der Waals surface area (Å²) < 4.78 is 28.3. The molecule has 0 spiro atoms. The molecule has 1 amide bonds. The molecule has 1 unspecified atom stereocenters. The molecule has 0 radical (unpaired) electrons. The maximum atomic E-state index is 13.4. The molecule has 0 bridgehead atoms. The van der Waals surface area contributed by atoms with E-state index in [1.54, 1.807) is 30.1 Å². The average Bonchev–Trinajstić information content (AvgIpc) is 2.63. The minimum Gasteiger partial charge on any atom is -0.315 e. The van der Waals surface area contributed by atoms with Gasteiger partial charge in [0.25, 0.3) is 10.0 Å². The molecule has 0 saturated heterocycles. The van der Waals surface area contributed by atoms with E-state index in [0.29, 0.717) is 24.3 Å². The minimum absolute atomic E-state index is 0.0619. The van der Waals surface area contributed by atoms with Crippen LogP contribution in [0.4, 0.5) is 11.4 Å². The van der Waals surface area contributed by atoms with E-state index in [1.807, 2.05) is 24.3 Å². The van der Waals surface area contributed by atoms with Crippen LogP contribution in [-0.4, -0.2) is 27.9 Å². The van der Waals surface area contributed by atoms with Crippen molar-refractivity contribution in [3.05, 3.63) is 53.6 Å². The Morgan fingerprint density at radius 1 is 1.00 bits per heavy atom. The quantitative estimate of drug-likeness (QED) is 0.817. The molecular formula is C20H22N2O3S. The molecule has 0 N–H and O–H groups in total. The first kappa shape index (κ1) is 17.1. The van der Waals surface area contributed by atoms with Crippen LogP contribution >= 0.6 is 0 Å². The highest BCUT2D eigenvalue weighted by molar-refractivity contribution is 7.92. The van der Waals surface area contributed by atoms with E-state index in [2.05, 4.69) is 6.92 Å². The number of fused-ring (bicyclic) bond motifs is 2.